The molecule has 1 aromatic heterocycles. The predicted molar refractivity (Wildman–Crippen MR) is 68.6 cm³/mol. The van der Waals surface area contributed by atoms with Gasteiger partial charge in [0.05, 0.1) is 30.3 Å². The molecule has 0 N–H and O–H groups in total. The van der Waals surface area contributed by atoms with Gasteiger partial charge in [0, 0.05) is 11.1 Å². The first-order valence-electron chi connectivity index (χ1n) is 5.42. The molecule has 8 nitrogen and oxygen atoms in total. The summed E-state index contributed by atoms with van der Waals surface area (Å²) in [6.45, 7) is 0.0703. The molecule has 0 atom stereocenters. The third-order valence-corrected chi connectivity index (χ3v) is 2.74. The van der Waals surface area contributed by atoms with Crippen LogP contribution in [0.1, 0.15) is 16.1 Å². The largest absolute Gasteiger partial charge is 0.464 e. The molecule has 0 unspecified atom stereocenters. The monoisotopic (exact) mass is 296 g/mol. The van der Waals surface area contributed by atoms with Gasteiger partial charge in [0.15, 0.2) is 5.69 Å². The molecule has 0 radical (unpaired) electrons. The Kier molecular flexibility index (Phi) is 3.94. The van der Waals surface area contributed by atoms with E-state index in [0.717, 1.165) is 0 Å². The molecular weight excluding hydrogens is 288 g/mol. The van der Waals surface area contributed by atoms with E-state index in [0.29, 0.717) is 10.6 Å². The van der Waals surface area contributed by atoms with Crippen molar-refractivity contribution in [3.63, 3.8) is 0 Å². The smallest absolute Gasteiger partial charge is 0.360 e. The molecule has 1 aromatic carbocycles. The second-order valence-corrected chi connectivity index (χ2v) is 4.26. The minimum atomic E-state index is -0.628. The molecule has 0 aliphatic rings. The van der Waals surface area contributed by atoms with Gasteiger partial charge < -0.3 is 4.74 Å². The molecule has 0 aliphatic heterocycles. The van der Waals surface area contributed by atoms with Crippen molar-refractivity contribution in [2.24, 2.45) is 0 Å². The van der Waals surface area contributed by atoms with Crippen LogP contribution in [0.25, 0.3) is 0 Å². The van der Waals surface area contributed by atoms with Gasteiger partial charge >= 0.3 is 5.97 Å². The number of nitro groups is 1. The standard InChI is InChI=1S/C11H9ClN4O4/c1-20-11(17)9-6-15(14-13-9)5-7-4-8(12)2-3-10(7)16(18)19/h2-4,6H,5H2,1H3. The highest BCUT2D eigenvalue weighted by molar-refractivity contribution is 6.30. The zero-order valence-corrected chi connectivity index (χ0v) is 11.1. The highest BCUT2D eigenvalue weighted by Crippen LogP contribution is 2.23. The molecule has 2 rings (SSSR count). The van der Waals surface area contributed by atoms with E-state index in [1.807, 2.05) is 0 Å². The molecule has 20 heavy (non-hydrogen) atoms. The number of methoxy groups -OCH3 is 1. The number of nitro benzene ring substituents is 1. The zero-order chi connectivity index (χ0) is 14.7. The molecule has 9 heteroatoms. The van der Waals surface area contributed by atoms with Crippen molar-refractivity contribution in [1.29, 1.82) is 0 Å². The van der Waals surface area contributed by atoms with Crippen molar-refractivity contribution < 1.29 is 14.5 Å². The van der Waals surface area contributed by atoms with Crippen LogP contribution in [0.3, 0.4) is 0 Å². The van der Waals surface area contributed by atoms with E-state index in [1.165, 1.54) is 36.2 Å². The summed E-state index contributed by atoms with van der Waals surface area (Å²) in [6, 6.07) is 4.22. The van der Waals surface area contributed by atoms with Crippen LogP contribution in [0.4, 0.5) is 5.69 Å². The number of ether oxygens (including phenoxy) is 1. The van der Waals surface area contributed by atoms with Gasteiger partial charge in [-0.3, -0.25) is 10.1 Å². The molecule has 0 spiro atoms. The van der Waals surface area contributed by atoms with Crippen LogP contribution in [-0.4, -0.2) is 33.0 Å². The fourth-order valence-electron chi connectivity index (χ4n) is 1.61. The second kappa shape index (κ2) is 5.66. The van der Waals surface area contributed by atoms with Gasteiger partial charge in [-0.05, 0) is 12.1 Å². The van der Waals surface area contributed by atoms with E-state index < -0.39 is 10.9 Å². The molecule has 0 fully saturated rings. The summed E-state index contributed by atoms with van der Waals surface area (Å²) in [4.78, 5) is 21.7. The molecule has 1 heterocycles. The van der Waals surface area contributed by atoms with Crippen molar-refractivity contribution >= 4 is 23.3 Å². The normalized spacial score (nSPS) is 10.3. The Morgan fingerprint density at radius 1 is 1.55 bits per heavy atom. The van der Waals surface area contributed by atoms with E-state index in [2.05, 4.69) is 15.0 Å². The summed E-state index contributed by atoms with van der Waals surface area (Å²) in [5.74, 6) is -0.628. The molecule has 0 saturated carbocycles. The summed E-state index contributed by atoms with van der Waals surface area (Å²) in [6.07, 6.45) is 1.34. The average molecular weight is 297 g/mol. The summed E-state index contributed by atoms with van der Waals surface area (Å²) >= 11 is 5.82. The minimum absolute atomic E-state index is 0.0252. The number of halogens is 1. The molecule has 0 bridgehead atoms. The van der Waals surface area contributed by atoms with E-state index in [1.54, 1.807) is 0 Å². The lowest BCUT2D eigenvalue weighted by atomic mass is 10.2. The third kappa shape index (κ3) is 2.91. The summed E-state index contributed by atoms with van der Waals surface area (Å²) in [5.41, 5.74) is 0.311. The third-order valence-electron chi connectivity index (χ3n) is 2.50. The van der Waals surface area contributed by atoms with Crippen LogP contribution in [0, 0.1) is 10.1 Å². The van der Waals surface area contributed by atoms with Gasteiger partial charge in [0.1, 0.15) is 0 Å². The Morgan fingerprint density at radius 2 is 2.30 bits per heavy atom. The number of aromatic nitrogens is 3. The topological polar surface area (TPSA) is 100 Å². The van der Waals surface area contributed by atoms with Gasteiger partial charge in [0.2, 0.25) is 0 Å². The zero-order valence-electron chi connectivity index (χ0n) is 10.3. The number of carbonyl (C=O) groups excluding carboxylic acids is 1. The van der Waals surface area contributed by atoms with Gasteiger partial charge in [-0.1, -0.05) is 16.8 Å². The fraction of sp³-hybridized carbons (Fsp3) is 0.182. The Labute approximate surface area is 118 Å². The van der Waals surface area contributed by atoms with E-state index in [4.69, 9.17) is 11.6 Å². The van der Waals surface area contributed by atoms with E-state index in [9.17, 15) is 14.9 Å². The van der Waals surface area contributed by atoms with Gasteiger partial charge in [-0.25, -0.2) is 9.48 Å². The molecule has 2 aromatic rings. The van der Waals surface area contributed by atoms with Gasteiger partial charge in [-0.15, -0.1) is 5.10 Å². The van der Waals surface area contributed by atoms with Crippen LogP contribution < -0.4 is 0 Å². The first-order valence-corrected chi connectivity index (χ1v) is 5.80. The minimum Gasteiger partial charge on any atom is -0.464 e. The highest BCUT2D eigenvalue weighted by atomic mass is 35.5. The van der Waals surface area contributed by atoms with Crippen LogP contribution in [0.2, 0.25) is 5.02 Å². The van der Waals surface area contributed by atoms with Gasteiger partial charge in [-0.2, -0.15) is 0 Å². The highest BCUT2D eigenvalue weighted by Gasteiger charge is 2.16. The first-order chi connectivity index (χ1) is 9.51. The number of rotatable bonds is 4. The van der Waals surface area contributed by atoms with Crippen LogP contribution >= 0.6 is 11.6 Å². The molecule has 104 valence electrons. The SMILES string of the molecule is COC(=O)c1cn(Cc2cc(Cl)ccc2[N+](=O)[O-])nn1. The van der Waals surface area contributed by atoms with Crippen molar-refractivity contribution in [3.05, 3.63) is 50.8 Å². The average Bonchev–Trinajstić information content (AvgIpc) is 2.86. The number of nitrogens with zero attached hydrogens (tertiary/aromatic N) is 4. The van der Waals surface area contributed by atoms with Crippen molar-refractivity contribution in [3.8, 4) is 0 Å². The number of esters is 1. The maximum absolute atomic E-state index is 11.2. The Balaban J connectivity index is 2.30. The Bertz CT molecular complexity index is 670. The van der Waals surface area contributed by atoms with Crippen LogP contribution in [-0.2, 0) is 11.3 Å². The first kappa shape index (κ1) is 13.9. The maximum Gasteiger partial charge on any atom is 0.360 e. The second-order valence-electron chi connectivity index (χ2n) is 3.82. The van der Waals surface area contributed by atoms with Crippen molar-refractivity contribution in [1.82, 2.24) is 15.0 Å². The summed E-state index contributed by atoms with van der Waals surface area (Å²) in [7, 11) is 1.23. The van der Waals surface area contributed by atoms with E-state index >= 15 is 0 Å². The fourth-order valence-corrected chi connectivity index (χ4v) is 1.80. The van der Waals surface area contributed by atoms with Crippen molar-refractivity contribution in [2.45, 2.75) is 6.54 Å². The van der Waals surface area contributed by atoms with Gasteiger partial charge in [0.25, 0.3) is 5.69 Å². The lowest BCUT2D eigenvalue weighted by Gasteiger charge is -2.03. The molecule has 0 saturated heterocycles. The summed E-state index contributed by atoms with van der Waals surface area (Å²) < 4.78 is 5.79. The maximum atomic E-state index is 11.2. The number of carbonyl (C=O) groups is 1. The number of hydrogen-bond acceptors (Lipinski definition) is 6. The van der Waals surface area contributed by atoms with Crippen molar-refractivity contribution in [2.75, 3.05) is 7.11 Å². The Morgan fingerprint density at radius 3 is 2.95 bits per heavy atom. The quantitative estimate of drug-likeness (QED) is 0.483. The summed E-state index contributed by atoms with van der Waals surface area (Å²) in [5, 5.41) is 18.6. The van der Waals surface area contributed by atoms with E-state index in [-0.39, 0.29) is 17.9 Å². The number of benzene rings is 1. The lowest BCUT2D eigenvalue weighted by Crippen LogP contribution is -2.04. The Hall–Kier alpha value is -2.48. The molecular formula is C11H9ClN4O4. The molecule has 0 amide bonds. The van der Waals surface area contributed by atoms with Crippen LogP contribution in [0.15, 0.2) is 24.4 Å². The molecule has 0 aliphatic carbocycles. The lowest BCUT2D eigenvalue weighted by molar-refractivity contribution is -0.385. The number of hydrogen-bond donors (Lipinski definition) is 0. The van der Waals surface area contributed by atoms with Crippen LogP contribution in [0.5, 0.6) is 0 Å². The predicted octanol–water partition coefficient (Wildman–Crippen LogP) is 1.67.